The summed E-state index contributed by atoms with van der Waals surface area (Å²) < 4.78 is 5.00. The van der Waals surface area contributed by atoms with Gasteiger partial charge in [0.2, 0.25) is 0 Å². The zero-order chi connectivity index (χ0) is 14.7. The number of ether oxygens (including phenoxy) is 1. The summed E-state index contributed by atoms with van der Waals surface area (Å²) in [5.74, 6) is 0.262. The first-order valence-electron chi connectivity index (χ1n) is 6.85. The highest BCUT2D eigenvalue weighted by Gasteiger charge is 2.27. The number of phenols is 1. The van der Waals surface area contributed by atoms with Crippen molar-refractivity contribution in [2.75, 3.05) is 7.11 Å². The smallest absolute Gasteiger partial charge is 0.273 e. The van der Waals surface area contributed by atoms with E-state index >= 15 is 0 Å². The molecule has 1 atom stereocenters. The highest BCUT2D eigenvalue weighted by molar-refractivity contribution is 5.85. The number of nitrogens with zero attached hydrogens (tertiary/aromatic N) is 1. The Labute approximate surface area is 129 Å². The van der Waals surface area contributed by atoms with E-state index in [1.54, 1.807) is 0 Å². The predicted molar refractivity (Wildman–Crippen MR) is 82.1 cm³/mol. The lowest BCUT2D eigenvalue weighted by Gasteiger charge is -2.28. The number of nitrogens with two attached hydrogens (primary N) is 1. The average molecular weight is 317 g/mol. The topological polar surface area (TPSA) is 98.6 Å². The Bertz CT molecular complexity index is 504. The number of hydrogen-bond acceptors (Lipinski definition) is 5. The molecular weight excluding hydrogens is 296 g/mol. The minimum Gasteiger partial charge on any atom is -0.504 e. The molecule has 1 aliphatic rings. The molecule has 1 aliphatic carbocycles. The van der Waals surface area contributed by atoms with Crippen molar-refractivity contribution in [3.05, 3.63) is 27.8 Å². The second-order valence-corrected chi connectivity index (χ2v) is 5.27. The van der Waals surface area contributed by atoms with Crippen molar-refractivity contribution < 1.29 is 14.8 Å². The minimum absolute atomic E-state index is 0. The van der Waals surface area contributed by atoms with Crippen molar-refractivity contribution in [2.45, 2.75) is 38.1 Å². The van der Waals surface area contributed by atoms with Crippen LogP contribution < -0.4 is 10.5 Å². The summed E-state index contributed by atoms with van der Waals surface area (Å²) in [6, 6.07) is 2.17. The van der Waals surface area contributed by atoms with E-state index in [4.69, 9.17) is 10.5 Å². The fraction of sp³-hybridized carbons (Fsp3) is 0.571. The van der Waals surface area contributed by atoms with Gasteiger partial charge in [-0.3, -0.25) is 10.1 Å². The second kappa shape index (κ2) is 7.47. The summed E-state index contributed by atoms with van der Waals surface area (Å²) >= 11 is 0. The molecule has 3 N–H and O–H groups in total. The third-order valence-electron chi connectivity index (χ3n) is 4.04. The lowest BCUT2D eigenvalue weighted by molar-refractivity contribution is -0.385. The minimum atomic E-state index is -0.501. The van der Waals surface area contributed by atoms with Gasteiger partial charge in [-0.2, -0.15) is 0 Å². The largest absolute Gasteiger partial charge is 0.504 e. The highest BCUT2D eigenvalue weighted by Crippen LogP contribution is 2.42. The molecular formula is C14H21ClN2O4. The van der Waals surface area contributed by atoms with Gasteiger partial charge in [-0.05, 0) is 18.8 Å². The van der Waals surface area contributed by atoms with Gasteiger partial charge in [0.1, 0.15) is 0 Å². The molecule has 2 rings (SSSR count). The SMILES string of the molecule is COc1cc([N+](=O)[O-])cc([C@@H](N)C2CCCCC2)c1O.Cl. The van der Waals surface area contributed by atoms with Gasteiger partial charge in [-0.1, -0.05) is 19.3 Å². The Kier molecular flexibility index (Phi) is 6.23. The predicted octanol–water partition coefficient (Wildman–Crippen LogP) is 3.31. The third kappa shape index (κ3) is 3.77. The fourth-order valence-corrected chi connectivity index (χ4v) is 2.88. The molecule has 118 valence electrons. The molecule has 21 heavy (non-hydrogen) atoms. The number of phenolic OH excluding ortho intramolecular Hbond substituents is 1. The van der Waals surface area contributed by atoms with Crippen LogP contribution in [-0.4, -0.2) is 17.1 Å². The molecule has 0 amide bonds. The maximum Gasteiger partial charge on any atom is 0.273 e. The van der Waals surface area contributed by atoms with Crippen LogP contribution in [0.15, 0.2) is 12.1 Å². The van der Waals surface area contributed by atoms with Crippen LogP contribution in [0.25, 0.3) is 0 Å². The zero-order valence-electron chi connectivity index (χ0n) is 11.9. The van der Waals surface area contributed by atoms with Crippen molar-refractivity contribution in [3.8, 4) is 11.5 Å². The molecule has 1 saturated carbocycles. The number of halogens is 1. The van der Waals surface area contributed by atoms with E-state index in [0.29, 0.717) is 5.56 Å². The lowest BCUT2D eigenvalue weighted by atomic mass is 9.81. The number of benzene rings is 1. The van der Waals surface area contributed by atoms with E-state index < -0.39 is 11.0 Å². The summed E-state index contributed by atoms with van der Waals surface area (Å²) in [6.45, 7) is 0. The summed E-state index contributed by atoms with van der Waals surface area (Å²) in [6.07, 6.45) is 5.42. The number of hydrogen-bond donors (Lipinski definition) is 2. The summed E-state index contributed by atoms with van der Waals surface area (Å²) in [5, 5.41) is 21.1. The van der Waals surface area contributed by atoms with Gasteiger partial charge >= 0.3 is 0 Å². The summed E-state index contributed by atoms with van der Waals surface area (Å²) in [4.78, 5) is 10.5. The Balaban J connectivity index is 0.00000220. The molecule has 1 fully saturated rings. The highest BCUT2D eigenvalue weighted by atomic mass is 35.5. The molecule has 1 aromatic rings. The van der Waals surface area contributed by atoms with Gasteiger partial charge in [0.15, 0.2) is 11.5 Å². The average Bonchev–Trinajstić information content (AvgIpc) is 2.47. The summed E-state index contributed by atoms with van der Waals surface area (Å²) in [5.41, 5.74) is 6.52. The molecule has 0 heterocycles. The molecule has 7 heteroatoms. The summed E-state index contributed by atoms with van der Waals surface area (Å²) in [7, 11) is 1.37. The monoisotopic (exact) mass is 316 g/mol. The second-order valence-electron chi connectivity index (χ2n) is 5.27. The van der Waals surface area contributed by atoms with Crippen molar-refractivity contribution in [1.29, 1.82) is 0 Å². The van der Waals surface area contributed by atoms with E-state index in [0.717, 1.165) is 25.7 Å². The van der Waals surface area contributed by atoms with Gasteiger partial charge < -0.3 is 15.6 Å². The Morgan fingerprint density at radius 2 is 2.00 bits per heavy atom. The van der Waals surface area contributed by atoms with Crippen LogP contribution >= 0.6 is 12.4 Å². The van der Waals surface area contributed by atoms with E-state index in [1.807, 2.05) is 0 Å². The standard InChI is InChI=1S/C14H20N2O4.ClH/c1-20-12-8-10(16(18)19)7-11(14(12)17)13(15)9-5-3-2-4-6-9;/h7-9,13,17H,2-6,15H2,1H3;1H/t13-;/m0./s1. The molecule has 0 radical (unpaired) electrons. The maximum atomic E-state index is 11.0. The molecule has 0 bridgehead atoms. The number of aromatic hydroxyl groups is 1. The normalized spacial score (nSPS) is 16.9. The Morgan fingerprint density at radius 1 is 1.38 bits per heavy atom. The maximum absolute atomic E-state index is 11.0. The van der Waals surface area contributed by atoms with Gasteiger partial charge in [-0.15, -0.1) is 12.4 Å². The van der Waals surface area contributed by atoms with Crippen LogP contribution in [-0.2, 0) is 0 Å². The molecule has 0 saturated heterocycles. The van der Waals surface area contributed by atoms with E-state index in [-0.39, 0.29) is 35.5 Å². The Hall–Kier alpha value is -1.53. The number of non-ortho nitro benzene ring substituents is 1. The van der Waals surface area contributed by atoms with Gasteiger partial charge in [0.25, 0.3) is 5.69 Å². The molecule has 0 aliphatic heterocycles. The zero-order valence-corrected chi connectivity index (χ0v) is 12.8. The van der Waals surface area contributed by atoms with Crippen molar-refractivity contribution in [2.24, 2.45) is 11.7 Å². The molecule has 0 spiro atoms. The fourth-order valence-electron chi connectivity index (χ4n) is 2.88. The van der Waals surface area contributed by atoms with E-state index in [1.165, 1.54) is 25.7 Å². The van der Waals surface area contributed by atoms with Gasteiger partial charge in [0, 0.05) is 17.7 Å². The molecule has 1 aromatic carbocycles. The first-order valence-corrected chi connectivity index (χ1v) is 6.85. The first kappa shape index (κ1) is 17.5. The van der Waals surface area contributed by atoms with Crippen molar-refractivity contribution >= 4 is 18.1 Å². The lowest BCUT2D eigenvalue weighted by Crippen LogP contribution is -2.23. The van der Waals surface area contributed by atoms with Crippen LogP contribution in [0, 0.1) is 16.0 Å². The first-order chi connectivity index (χ1) is 9.54. The van der Waals surface area contributed by atoms with E-state index in [2.05, 4.69) is 0 Å². The van der Waals surface area contributed by atoms with Crippen LogP contribution in [0.2, 0.25) is 0 Å². The van der Waals surface area contributed by atoms with Crippen LogP contribution in [0.4, 0.5) is 5.69 Å². The van der Waals surface area contributed by atoms with Crippen LogP contribution in [0.3, 0.4) is 0 Å². The third-order valence-corrected chi connectivity index (χ3v) is 4.04. The Morgan fingerprint density at radius 3 is 2.52 bits per heavy atom. The molecule has 0 aromatic heterocycles. The quantitative estimate of drug-likeness (QED) is 0.656. The van der Waals surface area contributed by atoms with Crippen molar-refractivity contribution in [1.82, 2.24) is 0 Å². The number of nitro groups is 1. The van der Waals surface area contributed by atoms with Crippen LogP contribution in [0.5, 0.6) is 11.5 Å². The molecule has 0 unspecified atom stereocenters. The van der Waals surface area contributed by atoms with Gasteiger partial charge in [0.05, 0.1) is 18.1 Å². The van der Waals surface area contributed by atoms with Crippen LogP contribution in [0.1, 0.15) is 43.7 Å². The molecule has 6 nitrogen and oxygen atoms in total. The number of methoxy groups -OCH3 is 1. The van der Waals surface area contributed by atoms with Crippen molar-refractivity contribution in [3.63, 3.8) is 0 Å². The number of rotatable bonds is 4. The van der Waals surface area contributed by atoms with Gasteiger partial charge in [-0.25, -0.2) is 0 Å². The van der Waals surface area contributed by atoms with E-state index in [9.17, 15) is 15.2 Å². The number of nitro benzene ring substituents is 1.